The lowest BCUT2D eigenvalue weighted by Crippen LogP contribution is -2.36. The maximum atomic E-state index is 12.5. The van der Waals surface area contributed by atoms with E-state index in [1.54, 1.807) is 26.3 Å². The third kappa shape index (κ3) is 3.01. The largest absolute Gasteiger partial charge is 0.495 e. The van der Waals surface area contributed by atoms with E-state index in [1.807, 2.05) is 12.1 Å². The molecule has 0 heterocycles. The summed E-state index contributed by atoms with van der Waals surface area (Å²) in [6.45, 7) is 0. The van der Waals surface area contributed by atoms with Crippen molar-refractivity contribution in [1.29, 1.82) is 0 Å². The van der Waals surface area contributed by atoms with Crippen LogP contribution >= 0.6 is 0 Å². The zero-order valence-electron chi connectivity index (χ0n) is 12.5. The van der Waals surface area contributed by atoms with Crippen molar-refractivity contribution in [3.05, 3.63) is 24.3 Å². The third-order valence-electron chi connectivity index (χ3n) is 4.32. The molecular formula is C16H21NO4. The average molecular weight is 291 g/mol. The fourth-order valence-electron chi connectivity index (χ4n) is 2.97. The normalized spacial score (nSPS) is 16.5. The first-order chi connectivity index (χ1) is 10.00. The molecule has 0 aliphatic heterocycles. The molecule has 1 aliphatic rings. The molecule has 1 saturated carbocycles. The van der Waals surface area contributed by atoms with Crippen molar-refractivity contribution in [2.75, 3.05) is 19.1 Å². The molecule has 1 aromatic rings. The van der Waals surface area contributed by atoms with Gasteiger partial charge in [-0.3, -0.25) is 9.59 Å². The maximum Gasteiger partial charge on any atom is 0.310 e. The molecule has 1 N–H and O–H groups in total. The Balaban J connectivity index is 2.17. The molecule has 0 bridgehead atoms. The molecule has 1 aromatic carbocycles. The van der Waals surface area contributed by atoms with Gasteiger partial charge in [-0.25, -0.2) is 0 Å². The molecule has 0 aromatic heterocycles. The molecule has 0 saturated heterocycles. The number of ether oxygens (including phenoxy) is 1. The summed E-state index contributed by atoms with van der Waals surface area (Å²) in [5.74, 6) is -0.449. The highest BCUT2D eigenvalue weighted by Crippen LogP contribution is 2.42. The summed E-state index contributed by atoms with van der Waals surface area (Å²) in [5, 5.41) is 9.47. The molecule has 21 heavy (non-hydrogen) atoms. The van der Waals surface area contributed by atoms with Gasteiger partial charge in [-0.15, -0.1) is 0 Å². The smallest absolute Gasteiger partial charge is 0.310 e. The van der Waals surface area contributed by atoms with Crippen molar-refractivity contribution >= 4 is 17.6 Å². The standard InChI is InChI=1S/C16H21NO4/c1-17(12-7-3-4-8-13(12)21-2)14(18)11-16(15(19)20)9-5-6-10-16/h3-4,7-8H,5-6,9-11H2,1-2H3,(H,19,20). The molecule has 1 fully saturated rings. The zero-order chi connectivity index (χ0) is 15.5. The van der Waals surface area contributed by atoms with Crippen LogP contribution in [0.2, 0.25) is 0 Å². The van der Waals surface area contributed by atoms with E-state index in [4.69, 9.17) is 4.74 Å². The Morgan fingerprint density at radius 3 is 2.48 bits per heavy atom. The van der Waals surface area contributed by atoms with Gasteiger partial charge < -0.3 is 14.7 Å². The number of carbonyl (C=O) groups excluding carboxylic acids is 1. The summed E-state index contributed by atoms with van der Waals surface area (Å²) in [6, 6.07) is 7.22. The number of hydrogen-bond donors (Lipinski definition) is 1. The van der Waals surface area contributed by atoms with Crippen LogP contribution in [0.3, 0.4) is 0 Å². The van der Waals surface area contributed by atoms with Crippen LogP contribution in [0, 0.1) is 5.41 Å². The van der Waals surface area contributed by atoms with Crippen molar-refractivity contribution in [2.24, 2.45) is 5.41 Å². The molecule has 5 heteroatoms. The summed E-state index contributed by atoms with van der Waals surface area (Å²) >= 11 is 0. The second-order valence-corrected chi connectivity index (χ2v) is 5.59. The van der Waals surface area contributed by atoms with Crippen LogP contribution in [0.4, 0.5) is 5.69 Å². The van der Waals surface area contributed by atoms with Crippen molar-refractivity contribution in [3.63, 3.8) is 0 Å². The predicted molar refractivity (Wildman–Crippen MR) is 79.6 cm³/mol. The number of carboxylic acids is 1. The van der Waals surface area contributed by atoms with E-state index < -0.39 is 11.4 Å². The van der Waals surface area contributed by atoms with E-state index in [-0.39, 0.29) is 12.3 Å². The highest BCUT2D eigenvalue weighted by molar-refractivity contribution is 5.97. The summed E-state index contributed by atoms with van der Waals surface area (Å²) < 4.78 is 5.25. The van der Waals surface area contributed by atoms with Crippen LogP contribution < -0.4 is 9.64 Å². The van der Waals surface area contributed by atoms with Gasteiger partial charge in [-0.05, 0) is 25.0 Å². The third-order valence-corrected chi connectivity index (χ3v) is 4.32. The van der Waals surface area contributed by atoms with Gasteiger partial charge in [0, 0.05) is 13.5 Å². The van der Waals surface area contributed by atoms with Gasteiger partial charge in [-0.1, -0.05) is 25.0 Å². The number of carbonyl (C=O) groups is 2. The molecule has 0 radical (unpaired) electrons. The minimum Gasteiger partial charge on any atom is -0.495 e. The van der Waals surface area contributed by atoms with Gasteiger partial charge in [0.2, 0.25) is 5.91 Å². The fourth-order valence-corrected chi connectivity index (χ4v) is 2.97. The molecule has 1 amide bonds. The summed E-state index contributed by atoms with van der Waals surface area (Å²) in [5.41, 5.74) is -0.239. The van der Waals surface area contributed by atoms with E-state index in [0.29, 0.717) is 24.3 Å². The SMILES string of the molecule is COc1ccccc1N(C)C(=O)CC1(C(=O)O)CCCC1. The second kappa shape index (κ2) is 6.16. The number of methoxy groups -OCH3 is 1. The van der Waals surface area contributed by atoms with Gasteiger partial charge in [0.05, 0.1) is 18.2 Å². The summed E-state index contributed by atoms with van der Waals surface area (Å²) in [7, 11) is 3.21. The number of carboxylic acid groups (broad SMARTS) is 1. The first kappa shape index (κ1) is 15.4. The lowest BCUT2D eigenvalue weighted by molar-refractivity contribution is -0.151. The molecular weight excluding hydrogens is 270 g/mol. The Morgan fingerprint density at radius 1 is 1.29 bits per heavy atom. The fraction of sp³-hybridized carbons (Fsp3) is 0.500. The first-order valence-corrected chi connectivity index (χ1v) is 7.13. The number of amides is 1. The average Bonchev–Trinajstić information content (AvgIpc) is 2.96. The van der Waals surface area contributed by atoms with Gasteiger partial charge in [-0.2, -0.15) is 0 Å². The molecule has 5 nitrogen and oxygen atoms in total. The quantitative estimate of drug-likeness (QED) is 0.905. The van der Waals surface area contributed by atoms with Crippen molar-refractivity contribution in [1.82, 2.24) is 0 Å². The summed E-state index contributed by atoms with van der Waals surface area (Å²) in [4.78, 5) is 25.5. The second-order valence-electron chi connectivity index (χ2n) is 5.59. The molecule has 2 rings (SSSR count). The van der Waals surface area contributed by atoms with Crippen LogP contribution in [0.25, 0.3) is 0 Å². The van der Waals surface area contributed by atoms with Crippen LogP contribution in [-0.4, -0.2) is 31.1 Å². The molecule has 1 aliphatic carbocycles. The van der Waals surface area contributed by atoms with Crippen molar-refractivity contribution < 1.29 is 19.4 Å². The number of hydrogen-bond acceptors (Lipinski definition) is 3. The number of nitrogens with zero attached hydrogens (tertiary/aromatic N) is 1. The van der Waals surface area contributed by atoms with Crippen LogP contribution in [0.15, 0.2) is 24.3 Å². The minimum atomic E-state index is -0.895. The predicted octanol–water partition coefficient (Wildman–Crippen LogP) is 2.69. The van der Waals surface area contributed by atoms with Gasteiger partial charge in [0.25, 0.3) is 0 Å². The van der Waals surface area contributed by atoms with Crippen LogP contribution in [0.1, 0.15) is 32.1 Å². The Kier molecular flexibility index (Phi) is 4.50. The van der Waals surface area contributed by atoms with Crippen LogP contribution in [0.5, 0.6) is 5.75 Å². The minimum absolute atomic E-state index is 0.0386. The van der Waals surface area contributed by atoms with E-state index in [2.05, 4.69) is 0 Å². The lowest BCUT2D eigenvalue weighted by Gasteiger charge is -2.27. The Morgan fingerprint density at radius 2 is 1.90 bits per heavy atom. The monoisotopic (exact) mass is 291 g/mol. The van der Waals surface area contributed by atoms with E-state index in [1.165, 1.54) is 4.90 Å². The van der Waals surface area contributed by atoms with Crippen molar-refractivity contribution in [2.45, 2.75) is 32.1 Å². The van der Waals surface area contributed by atoms with Crippen molar-refractivity contribution in [3.8, 4) is 5.75 Å². The van der Waals surface area contributed by atoms with Crippen LogP contribution in [-0.2, 0) is 9.59 Å². The van der Waals surface area contributed by atoms with E-state index in [0.717, 1.165) is 12.8 Å². The highest BCUT2D eigenvalue weighted by Gasteiger charge is 2.43. The molecule has 114 valence electrons. The van der Waals surface area contributed by atoms with E-state index >= 15 is 0 Å². The lowest BCUT2D eigenvalue weighted by atomic mass is 9.82. The number of aliphatic carboxylic acids is 1. The number of benzene rings is 1. The molecule has 0 spiro atoms. The molecule has 0 atom stereocenters. The topological polar surface area (TPSA) is 66.8 Å². The Bertz CT molecular complexity index is 535. The van der Waals surface area contributed by atoms with Gasteiger partial charge in [0.1, 0.15) is 5.75 Å². The maximum absolute atomic E-state index is 12.5. The Labute approximate surface area is 124 Å². The zero-order valence-corrected chi connectivity index (χ0v) is 12.5. The summed E-state index contributed by atoms with van der Waals surface area (Å²) in [6.07, 6.45) is 2.94. The van der Waals surface area contributed by atoms with Gasteiger partial charge >= 0.3 is 5.97 Å². The Hall–Kier alpha value is -2.04. The number of rotatable bonds is 5. The van der Waals surface area contributed by atoms with Gasteiger partial charge in [0.15, 0.2) is 0 Å². The molecule has 0 unspecified atom stereocenters. The first-order valence-electron chi connectivity index (χ1n) is 7.13. The highest BCUT2D eigenvalue weighted by atomic mass is 16.5. The number of anilines is 1. The number of para-hydroxylation sites is 2. The van der Waals surface area contributed by atoms with E-state index in [9.17, 15) is 14.7 Å².